The zero-order valence-electron chi connectivity index (χ0n) is 9.38. The lowest BCUT2D eigenvalue weighted by atomic mass is 10.3. The number of amides is 1. The number of nitrogens with zero attached hydrogens (tertiary/aromatic N) is 1. The van der Waals surface area contributed by atoms with Gasteiger partial charge in [0.2, 0.25) is 5.91 Å². The van der Waals surface area contributed by atoms with Crippen molar-refractivity contribution in [2.24, 2.45) is 5.73 Å². The number of hydrogen-bond donors (Lipinski definition) is 2. The van der Waals surface area contributed by atoms with Gasteiger partial charge in [-0.05, 0) is 26.1 Å². The lowest BCUT2D eigenvalue weighted by molar-refractivity contribution is -0.118. The molecule has 0 atom stereocenters. The Kier molecular flexibility index (Phi) is 8.57. The van der Waals surface area contributed by atoms with Gasteiger partial charge in [-0.1, -0.05) is 13.8 Å². The van der Waals surface area contributed by atoms with Crippen LogP contribution in [0.2, 0.25) is 0 Å². The van der Waals surface area contributed by atoms with Crippen LogP contribution in [0.5, 0.6) is 0 Å². The molecule has 0 saturated carbocycles. The fraction of sp³-hybridized carbons (Fsp3) is 0.900. The minimum atomic E-state index is -0.212. The zero-order valence-corrected chi connectivity index (χ0v) is 9.38. The highest BCUT2D eigenvalue weighted by atomic mass is 16.1. The number of nitrogens with two attached hydrogens (primary N) is 1. The van der Waals surface area contributed by atoms with Crippen LogP contribution in [0.3, 0.4) is 0 Å². The van der Waals surface area contributed by atoms with E-state index < -0.39 is 0 Å². The lowest BCUT2D eigenvalue weighted by Crippen LogP contribution is -2.32. The summed E-state index contributed by atoms with van der Waals surface area (Å²) in [6.45, 7) is 9.46. The molecule has 0 aliphatic carbocycles. The van der Waals surface area contributed by atoms with E-state index in [1.165, 1.54) is 0 Å². The highest BCUT2D eigenvalue weighted by Gasteiger charge is 1.97. The number of primary amides is 1. The van der Waals surface area contributed by atoms with Crippen LogP contribution in [0.1, 0.15) is 26.7 Å². The average Bonchev–Trinajstić information content (AvgIpc) is 2.16. The molecule has 0 saturated heterocycles. The maximum atomic E-state index is 10.4. The molecule has 0 unspecified atom stereocenters. The summed E-state index contributed by atoms with van der Waals surface area (Å²) >= 11 is 0. The first-order valence-corrected chi connectivity index (χ1v) is 5.42. The maximum absolute atomic E-state index is 10.4. The van der Waals surface area contributed by atoms with Gasteiger partial charge in [-0.25, -0.2) is 0 Å². The van der Waals surface area contributed by atoms with Crippen LogP contribution < -0.4 is 11.1 Å². The molecular weight excluding hydrogens is 178 g/mol. The van der Waals surface area contributed by atoms with Crippen LogP contribution in [-0.4, -0.2) is 43.5 Å². The van der Waals surface area contributed by atoms with Crippen molar-refractivity contribution < 1.29 is 4.79 Å². The first kappa shape index (κ1) is 13.4. The predicted molar refractivity (Wildman–Crippen MR) is 59.1 cm³/mol. The van der Waals surface area contributed by atoms with Crippen LogP contribution in [0.4, 0.5) is 0 Å². The van der Waals surface area contributed by atoms with Crippen LogP contribution in [0.25, 0.3) is 0 Å². The van der Waals surface area contributed by atoms with Crippen molar-refractivity contribution in [1.82, 2.24) is 10.2 Å². The van der Waals surface area contributed by atoms with Crippen molar-refractivity contribution in [1.29, 1.82) is 0 Å². The van der Waals surface area contributed by atoms with E-state index in [-0.39, 0.29) is 5.91 Å². The van der Waals surface area contributed by atoms with E-state index in [1.54, 1.807) is 0 Å². The summed E-state index contributed by atoms with van der Waals surface area (Å²) in [5, 5.41) is 3.29. The Labute approximate surface area is 86.8 Å². The van der Waals surface area contributed by atoms with Gasteiger partial charge in [-0.15, -0.1) is 0 Å². The molecule has 84 valence electrons. The van der Waals surface area contributed by atoms with E-state index >= 15 is 0 Å². The second-order valence-electron chi connectivity index (χ2n) is 3.35. The molecule has 3 N–H and O–H groups in total. The maximum Gasteiger partial charge on any atom is 0.217 e. The van der Waals surface area contributed by atoms with Gasteiger partial charge in [0.15, 0.2) is 0 Å². The highest BCUT2D eigenvalue weighted by Crippen LogP contribution is 1.86. The third-order valence-electron chi connectivity index (χ3n) is 2.28. The van der Waals surface area contributed by atoms with Crippen LogP contribution >= 0.6 is 0 Å². The molecule has 0 aliphatic heterocycles. The van der Waals surface area contributed by atoms with Gasteiger partial charge in [-0.2, -0.15) is 0 Å². The molecule has 0 spiro atoms. The van der Waals surface area contributed by atoms with Crippen molar-refractivity contribution in [2.75, 3.05) is 32.7 Å². The standard InChI is InChI=1S/C10H23N3O/c1-3-13(4-2)9-8-12-7-5-6-10(11)14/h12H,3-9H2,1-2H3,(H2,11,14). The number of carbonyl (C=O) groups excluding carboxylic acids is 1. The number of likely N-dealkylation sites (N-methyl/N-ethyl adjacent to an activating group) is 1. The van der Waals surface area contributed by atoms with Gasteiger partial charge >= 0.3 is 0 Å². The summed E-state index contributed by atoms with van der Waals surface area (Å²) in [5.74, 6) is -0.212. The summed E-state index contributed by atoms with van der Waals surface area (Å²) in [6, 6.07) is 0. The second kappa shape index (κ2) is 8.97. The summed E-state index contributed by atoms with van der Waals surface area (Å²) in [7, 11) is 0. The molecule has 14 heavy (non-hydrogen) atoms. The number of nitrogens with one attached hydrogen (secondary N) is 1. The summed E-state index contributed by atoms with van der Waals surface area (Å²) in [6.07, 6.45) is 1.33. The molecule has 1 amide bonds. The molecule has 0 aromatic heterocycles. The monoisotopic (exact) mass is 201 g/mol. The second-order valence-corrected chi connectivity index (χ2v) is 3.35. The minimum Gasteiger partial charge on any atom is -0.370 e. The van der Waals surface area contributed by atoms with Gasteiger partial charge in [0.05, 0.1) is 0 Å². The van der Waals surface area contributed by atoms with E-state index in [1.807, 2.05) is 0 Å². The molecule has 0 radical (unpaired) electrons. The third kappa shape index (κ3) is 8.01. The van der Waals surface area contributed by atoms with E-state index in [9.17, 15) is 4.79 Å². The normalized spacial score (nSPS) is 10.8. The largest absolute Gasteiger partial charge is 0.370 e. The van der Waals surface area contributed by atoms with Gasteiger partial charge < -0.3 is 16.0 Å². The average molecular weight is 201 g/mol. The predicted octanol–water partition coefficient (Wildman–Crippen LogP) is 0.183. The number of rotatable bonds is 9. The molecule has 0 aliphatic rings. The molecule has 4 heteroatoms. The van der Waals surface area contributed by atoms with Gasteiger partial charge in [0, 0.05) is 19.5 Å². The zero-order chi connectivity index (χ0) is 10.8. The van der Waals surface area contributed by atoms with Gasteiger partial charge in [-0.3, -0.25) is 4.79 Å². The van der Waals surface area contributed by atoms with Crippen LogP contribution in [0.15, 0.2) is 0 Å². The minimum absolute atomic E-state index is 0.212. The third-order valence-corrected chi connectivity index (χ3v) is 2.28. The van der Waals surface area contributed by atoms with Crippen molar-refractivity contribution in [3.63, 3.8) is 0 Å². The quantitative estimate of drug-likeness (QED) is 0.523. The Hall–Kier alpha value is -0.610. The summed E-state index contributed by atoms with van der Waals surface area (Å²) < 4.78 is 0. The Balaban J connectivity index is 3.16. The fourth-order valence-electron chi connectivity index (χ4n) is 1.29. The van der Waals surface area contributed by atoms with E-state index in [0.717, 1.165) is 39.1 Å². The van der Waals surface area contributed by atoms with E-state index in [0.29, 0.717) is 6.42 Å². The number of carbonyl (C=O) groups is 1. The van der Waals surface area contributed by atoms with Crippen molar-refractivity contribution >= 4 is 5.91 Å². The Bertz CT molecular complexity index is 146. The SMILES string of the molecule is CCN(CC)CCNCCCC(N)=O. The highest BCUT2D eigenvalue weighted by molar-refractivity contribution is 5.73. The van der Waals surface area contributed by atoms with Crippen molar-refractivity contribution in [3.05, 3.63) is 0 Å². The van der Waals surface area contributed by atoms with Crippen molar-refractivity contribution in [3.8, 4) is 0 Å². The lowest BCUT2D eigenvalue weighted by Gasteiger charge is -2.17. The van der Waals surface area contributed by atoms with Gasteiger partial charge in [0.1, 0.15) is 0 Å². The Morgan fingerprint density at radius 1 is 1.29 bits per heavy atom. The Morgan fingerprint density at radius 2 is 1.93 bits per heavy atom. The van der Waals surface area contributed by atoms with Crippen molar-refractivity contribution in [2.45, 2.75) is 26.7 Å². The number of hydrogen-bond acceptors (Lipinski definition) is 3. The summed E-state index contributed by atoms with van der Waals surface area (Å²) in [5.41, 5.74) is 5.02. The topological polar surface area (TPSA) is 58.4 Å². The smallest absolute Gasteiger partial charge is 0.217 e. The first-order chi connectivity index (χ1) is 6.70. The Morgan fingerprint density at radius 3 is 2.43 bits per heavy atom. The first-order valence-electron chi connectivity index (χ1n) is 5.42. The van der Waals surface area contributed by atoms with E-state index in [4.69, 9.17) is 5.73 Å². The fourth-order valence-corrected chi connectivity index (χ4v) is 1.29. The van der Waals surface area contributed by atoms with Gasteiger partial charge in [0.25, 0.3) is 0 Å². The van der Waals surface area contributed by atoms with Crippen LogP contribution in [0, 0.1) is 0 Å². The molecule has 4 nitrogen and oxygen atoms in total. The molecular formula is C10H23N3O. The molecule has 0 aromatic carbocycles. The molecule has 0 rings (SSSR count). The molecule has 0 aromatic rings. The van der Waals surface area contributed by atoms with Crippen LogP contribution in [-0.2, 0) is 4.79 Å². The van der Waals surface area contributed by atoms with E-state index in [2.05, 4.69) is 24.1 Å². The molecule has 0 heterocycles. The molecule has 0 bridgehead atoms. The summed E-state index contributed by atoms with van der Waals surface area (Å²) in [4.78, 5) is 12.8. The molecule has 0 fully saturated rings.